The first-order valence-electron chi connectivity index (χ1n) is 13.6. The Morgan fingerprint density at radius 1 is 0.889 bits per heavy atom. The monoisotopic (exact) mass is 502 g/mol. The minimum atomic E-state index is -1.17. The van der Waals surface area contributed by atoms with Crippen LogP contribution in [0, 0.1) is 11.8 Å². The molecule has 2 atom stereocenters. The fourth-order valence-electron chi connectivity index (χ4n) is 4.87. The van der Waals surface area contributed by atoms with Crippen LogP contribution in [0.25, 0.3) is 0 Å². The molecule has 1 aliphatic heterocycles. The Hall–Kier alpha value is -2.38. The van der Waals surface area contributed by atoms with Crippen LogP contribution in [0.5, 0.6) is 5.75 Å². The molecule has 0 N–H and O–H groups in total. The number of unbranched alkanes of at least 4 members (excludes halogenated alkanes) is 2. The van der Waals surface area contributed by atoms with Gasteiger partial charge >= 0.3 is 11.9 Å². The Morgan fingerprint density at radius 3 is 2.06 bits per heavy atom. The lowest BCUT2D eigenvalue weighted by Crippen LogP contribution is -2.39. The highest BCUT2D eigenvalue weighted by atomic mass is 16.8. The zero-order valence-corrected chi connectivity index (χ0v) is 22.0. The molecule has 0 bridgehead atoms. The first kappa shape index (κ1) is 28.2. The van der Waals surface area contributed by atoms with E-state index < -0.39 is 30.4 Å². The molecule has 0 spiro atoms. The predicted octanol–water partition coefficient (Wildman–Crippen LogP) is 5.92. The van der Waals surface area contributed by atoms with E-state index in [1.807, 2.05) is 12.1 Å². The highest BCUT2D eigenvalue weighted by Gasteiger charge is 2.47. The van der Waals surface area contributed by atoms with E-state index in [1.54, 1.807) is 26.0 Å². The molecule has 200 valence electrons. The highest BCUT2D eigenvalue weighted by molar-refractivity contribution is 5.86. The van der Waals surface area contributed by atoms with Crippen molar-refractivity contribution in [2.24, 2.45) is 11.8 Å². The summed E-state index contributed by atoms with van der Waals surface area (Å²) in [4.78, 5) is 24.5. The zero-order valence-electron chi connectivity index (χ0n) is 22.0. The molecule has 1 aromatic carbocycles. The van der Waals surface area contributed by atoms with Gasteiger partial charge in [0, 0.05) is 5.56 Å². The van der Waals surface area contributed by atoms with Crippen LogP contribution in [0.4, 0.5) is 0 Å². The topological polar surface area (TPSA) is 80.3 Å². The molecule has 0 aromatic heterocycles. The Balaban J connectivity index is 1.45. The van der Waals surface area contributed by atoms with Crippen molar-refractivity contribution >= 4 is 11.9 Å². The molecule has 2 aliphatic rings. The molecular formula is C29H42O7. The van der Waals surface area contributed by atoms with Crippen LogP contribution in [0.15, 0.2) is 36.4 Å². The van der Waals surface area contributed by atoms with E-state index in [0.717, 1.165) is 11.7 Å². The maximum Gasteiger partial charge on any atom is 0.338 e. The summed E-state index contributed by atoms with van der Waals surface area (Å²) in [5, 5.41) is 0. The van der Waals surface area contributed by atoms with Crippen molar-refractivity contribution in [2.45, 2.75) is 90.6 Å². The molecule has 0 amide bonds. The van der Waals surface area contributed by atoms with Gasteiger partial charge in [-0.05, 0) is 63.5 Å². The predicted molar refractivity (Wildman–Crippen MR) is 136 cm³/mol. The van der Waals surface area contributed by atoms with Gasteiger partial charge in [-0.2, -0.15) is 0 Å². The summed E-state index contributed by atoms with van der Waals surface area (Å²) in [5.74, 6) is 1.02. The summed E-state index contributed by atoms with van der Waals surface area (Å²) in [6, 6.07) is 7.27. The summed E-state index contributed by atoms with van der Waals surface area (Å²) < 4.78 is 27.4. The number of ether oxygens (including phenoxy) is 5. The fourth-order valence-corrected chi connectivity index (χ4v) is 4.87. The van der Waals surface area contributed by atoms with Gasteiger partial charge in [-0.1, -0.05) is 56.9 Å². The second-order valence-electron chi connectivity index (χ2n) is 9.53. The zero-order chi connectivity index (χ0) is 25.8. The molecule has 1 heterocycles. The quantitative estimate of drug-likeness (QED) is 0.188. The van der Waals surface area contributed by atoms with Gasteiger partial charge in [-0.25, -0.2) is 9.59 Å². The Bertz CT molecular complexity index is 801. The number of allylic oxidation sites excluding steroid dienone is 1. The van der Waals surface area contributed by atoms with Crippen molar-refractivity contribution < 1.29 is 33.3 Å². The van der Waals surface area contributed by atoms with Gasteiger partial charge < -0.3 is 23.7 Å². The maximum absolute atomic E-state index is 12.3. The number of carbonyl (C=O) groups is 2. The number of carbonyl (C=O) groups excluding carboxylic acids is 2. The number of benzene rings is 1. The molecule has 36 heavy (non-hydrogen) atoms. The van der Waals surface area contributed by atoms with Gasteiger partial charge in [0.1, 0.15) is 12.4 Å². The first-order chi connectivity index (χ1) is 17.5. The van der Waals surface area contributed by atoms with Crippen molar-refractivity contribution in [3.8, 4) is 5.75 Å². The van der Waals surface area contributed by atoms with Crippen molar-refractivity contribution in [2.75, 3.05) is 19.8 Å². The van der Waals surface area contributed by atoms with Crippen LogP contribution in [-0.2, 0) is 28.5 Å². The van der Waals surface area contributed by atoms with E-state index >= 15 is 0 Å². The SMILES string of the molecule is CCCCCC1CCC(/C=C/COc2ccc(C3O[C@@H](C(=O)OCC)[C@H](C(=O)OCC)O3)cc2)CC1. The summed E-state index contributed by atoms with van der Waals surface area (Å²) in [5.41, 5.74) is 0.676. The van der Waals surface area contributed by atoms with Gasteiger partial charge in [0.15, 0.2) is 18.5 Å². The normalized spacial score (nSPS) is 24.6. The number of hydrogen-bond donors (Lipinski definition) is 0. The Kier molecular flexibility index (Phi) is 11.8. The molecule has 3 rings (SSSR count). The Morgan fingerprint density at radius 2 is 1.50 bits per heavy atom. The van der Waals surface area contributed by atoms with E-state index in [0.29, 0.717) is 18.1 Å². The minimum Gasteiger partial charge on any atom is -0.490 e. The lowest BCUT2D eigenvalue weighted by molar-refractivity contribution is -0.163. The van der Waals surface area contributed by atoms with Gasteiger partial charge in [0.2, 0.25) is 0 Å². The largest absolute Gasteiger partial charge is 0.490 e. The molecule has 0 radical (unpaired) electrons. The fraction of sp³-hybridized carbons (Fsp3) is 0.655. The summed E-state index contributed by atoms with van der Waals surface area (Å²) in [6.45, 7) is 6.53. The second kappa shape index (κ2) is 15.0. The van der Waals surface area contributed by atoms with Crippen molar-refractivity contribution in [3.63, 3.8) is 0 Å². The third-order valence-corrected chi connectivity index (χ3v) is 6.87. The number of rotatable bonds is 13. The highest BCUT2D eigenvalue weighted by Crippen LogP contribution is 2.34. The van der Waals surface area contributed by atoms with E-state index in [2.05, 4.69) is 19.1 Å². The molecule has 1 aliphatic carbocycles. The molecule has 1 saturated carbocycles. The third-order valence-electron chi connectivity index (χ3n) is 6.87. The van der Waals surface area contributed by atoms with Crippen LogP contribution >= 0.6 is 0 Å². The van der Waals surface area contributed by atoms with Crippen molar-refractivity contribution in [1.29, 1.82) is 0 Å². The lowest BCUT2D eigenvalue weighted by Gasteiger charge is -2.26. The number of hydrogen-bond acceptors (Lipinski definition) is 7. The molecule has 1 saturated heterocycles. The second-order valence-corrected chi connectivity index (χ2v) is 9.53. The first-order valence-corrected chi connectivity index (χ1v) is 13.6. The average Bonchev–Trinajstić information content (AvgIpc) is 3.34. The standard InChI is InChI=1S/C29H42O7/c1-4-7-8-10-21-12-14-22(15-13-21)11-9-20-34-24-18-16-23(17-19-24)29-35-25(27(30)32-5-2)26(36-29)28(31)33-6-3/h9,11,16-19,21-22,25-26,29H,4-8,10,12-15,20H2,1-3H3/b11-9+/t21?,22?,25-,26-/m1/s1. The van der Waals surface area contributed by atoms with Crippen LogP contribution in [0.2, 0.25) is 0 Å². The lowest BCUT2D eigenvalue weighted by atomic mass is 9.79. The van der Waals surface area contributed by atoms with Gasteiger partial charge in [-0.3, -0.25) is 0 Å². The Labute approximate surface area is 215 Å². The number of esters is 2. The van der Waals surface area contributed by atoms with E-state index in [4.69, 9.17) is 23.7 Å². The molecule has 0 unspecified atom stereocenters. The maximum atomic E-state index is 12.3. The minimum absolute atomic E-state index is 0.180. The molecule has 7 heteroatoms. The van der Waals surface area contributed by atoms with Crippen molar-refractivity contribution in [3.05, 3.63) is 42.0 Å². The van der Waals surface area contributed by atoms with Gasteiger partial charge in [-0.15, -0.1) is 0 Å². The van der Waals surface area contributed by atoms with E-state index in [1.165, 1.54) is 51.4 Å². The molecule has 2 fully saturated rings. The summed E-state index contributed by atoms with van der Waals surface area (Å²) >= 11 is 0. The molecule has 7 nitrogen and oxygen atoms in total. The van der Waals surface area contributed by atoms with Gasteiger partial charge in [0.25, 0.3) is 0 Å². The average molecular weight is 503 g/mol. The smallest absolute Gasteiger partial charge is 0.338 e. The van der Waals surface area contributed by atoms with E-state index in [9.17, 15) is 9.59 Å². The molecular weight excluding hydrogens is 460 g/mol. The summed E-state index contributed by atoms with van der Waals surface area (Å²) in [7, 11) is 0. The van der Waals surface area contributed by atoms with Crippen LogP contribution < -0.4 is 4.74 Å². The van der Waals surface area contributed by atoms with Crippen LogP contribution in [0.1, 0.15) is 84.0 Å². The third kappa shape index (κ3) is 8.34. The van der Waals surface area contributed by atoms with Crippen LogP contribution in [0.3, 0.4) is 0 Å². The van der Waals surface area contributed by atoms with Gasteiger partial charge in [0.05, 0.1) is 13.2 Å². The molecule has 1 aromatic rings. The van der Waals surface area contributed by atoms with Crippen molar-refractivity contribution in [1.82, 2.24) is 0 Å². The van der Waals surface area contributed by atoms with E-state index in [-0.39, 0.29) is 13.2 Å². The summed E-state index contributed by atoms with van der Waals surface area (Å²) in [6.07, 6.45) is 11.9. The van der Waals surface area contributed by atoms with Crippen LogP contribution in [-0.4, -0.2) is 44.0 Å².